The molecule has 106 valence electrons. The van der Waals surface area contributed by atoms with Crippen LogP contribution in [0.5, 0.6) is 0 Å². The fourth-order valence-corrected chi connectivity index (χ4v) is 4.85. The number of fused-ring (bicyclic) bond motifs is 1. The topological polar surface area (TPSA) is 38.3 Å². The third-order valence-electron chi connectivity index (χ3n) is 3.16. The Labute approximate surface area is 123 Å². The SMILES string of the molecule is CCOC(=O)CCCNC1C[C@H](C)Sc2sccc21. The summed E-state index contributed by atoms with van der Waals surface area (Å²) in [6, 6.07) is 2.67. The first kappa shape index (κ1) is 14.9. The van der Waals surface area contributed by atoms with Crippen LogP contribution < -0.4 is 5.32 Å². The second-order valence-electron chi connectivity index (χ2n) is 4.74. The monoisotopic (exact) mass is 299 g/mol. The number of hydrogen-bond acceptors (Lipinski definition) is 5. The van der Waals surface area contributed by atoms with Crippen molar-refractivity contribution in [2.75, 3.05) is 13.2 Å². The minimum atomic E-state index is -0.0897. The second kappa shape index (κ2) is 7.31. The van der Waals surface area contributed by atoms with Crippen molar-refractivity contribution in [2.24, 2.45) is 0 Å². The van der Waals surface area contributed by atoms with Gasteiger partial charge in [-0.15, -0.1) is 23.1 Å². The summed E-state index contributed by atoms with van der Waals surface area (Å²) in [5, 5.41) is 6.41. The Balaban J connectivity index is 1.76. The van der Waals surface area contributed by atoms with Crippen LogP contribution in [0.1, 0.15) is 44.7 Å². The van der Waals surface area contributed by atoms with Crippen LogP contribution in [0.4, 0.5) is 0 Å². The predicted octanol–water partition coefficient (Wildman–Crippen LogP) is 3.61. The van der Waals surface area contributed by atoms with E-state index in [1.165, 1.54) is 9.77 Å². The van der Waals surface area contributed by atoms with Crippen LogP contribution in [0.15, 0.2) is 15.7 Å². The van der Waals surface area contributed by atoms with Crippen molar-refractivity contribution in [1.82, 2.24) is 5.32 Å². The fraction of sp³-hybridized carbons (Fsp3) is 0.643. The maximum absolute atomic E-state index is 11.3. The highest BCUT2D eigenvalue weighted by Gasteiger charge is 2.25. The average Bonchev–Trinajstić information content (AvgIpc) is 2.82. The Morgan fingerprint density at radius 2 is 2.42 bits per heavy atom. The molecule has 0 amide bonds. The van der Waals surface area contributed by atoms with E-state index < -0.39 is 0 Å². The van der Waals surface area contributed by atoms with Gasteiger partial charge in [-0.2, -0.15) is 0 Å². The minimum absolute atomic E-state index is 0.0897. The van der Waals surface area contributed by atoms with Gasteiger partial charge in [-0.25, -0.2) is 0 Å². The summed E-state index contributed by atoms with van der Waals surface area (Å²) in [6.07, 6.45) is 2.51. The number of esters is 1. The molecule has 0 fully saturated rings. The summed E-state index contributed by atoms with van der Waals surface area (Å²) in [6.45, 7) is 5.47. The van der Waals surface area contributed by atoms with E-state index in [0.717, 1.165) is 19.4 Å². The van der Waals surface area contributed by atoms with Crippen molar-refractivity contribution in [1.29, 1.82) is 0 Å². The van der Waals surface area contributed by atoms with Gasteiger partial charge in [0.15, 0.2) is 0 Å². The molecule has 2 atom stereocenters. The van der Waals surface area contributed by atoms with E-state index in [1.54, 1.807) is 0 Å². The van der Waals surface area contributed by atoms with Gasteiger partial charge >= 0.3 is 5.97 Å². The van der Waals surface area contributed by atoms with Crippen LogP contribution in [0.3, 0.4) is 0 Å². The molecule has 1 aliphatic heterocycles. The van der Waals surface area contributed by atoms with E-state index in [9.17, 15) is 4.79 Å². The largest absolute Gasteiger partial charge is 0.466 e. The summed E-state index contributed by atoms with van der Waals surface area (Å²) >= 11 is 3.81. The summed E-state index contributed by atoms with van der Waals surface area (Å²) in [7, 11) is 0. The van der Waals surface area contributed by atoms with Crippen LogP contribution in [0.25, 0.3) is 0 Å². The molecule has 3 nitrogen and oxygen atoms in total. The Hall–Kier alpha value is -0.520. The molecular weight excluding hydrogens is 278 g/mol. The van der Waals surface area contributed by atoms with Gasteiger partial charge in [0.2, 0.25) is 0 Å². The first-order chi connectivity index (χ1) is 9.20. The third kappa shape index (κ3) is 4.23. The van der Waals surface area contributed by atoms with Crippen LogP contribution in [-0.2, 0) is 9.53 Å². The zero-order valence-corrected chi connectivity index (χ0v) is 13.1. The molecule has 0 radical (unpaired) electrons. The van der Waals surface area contributed by atoms with Gasteiger partial charge in [0.1, 0.15) is 0 Å². The number of carbonyl (C=O) groups is 1. The van der Waals surface area contributed by atoms with E-state index in [1.807, 2.05) is 30.0 Å². The molecular formula is C14H21NO2S2. The Bertz CT molecular complexity index is 419. The summed E-state index contributed by atoms with van der Waals surface area (Å²) in [5.41, 5.74) is 1.43. The van der Waals surface area contributed by atoms with E-state index in [0.29, 0.717) is 24.3 Å². The molecule has 0 bridgehead atoms. The number of carbonyl (C=O) groups excluding carboxylic acids is 1. The van der Waals surface area contributed by atoms with Crippen LogP contribution in [0, 0.1) is 0 Å². The maximum atomic E-state index is 11.3. The van der Waals surface area contributed by atoms with E-state index in [4.69, 9.17) is 4.74 Å². The molecule has 19 heavy (non-hydrogen) atoms. The lowest BCUT2D eigenvalue weighted by Gasteiger charge is -2.27. The number of rotatable bonds is 6. The molecule has 1 aliphatic rings. The molecule has 2 heterocycles. The number of hydrogen-bond donors (Lipinski definition) is 1. The lowest BCUT2D eigenvalue weighted by Crippen LogP contribution is -2.27. The normalized spacial score (nSPS) is 22.0. The van der Waals surface area contributed by atoms with Gasteiger partial charge < -0.3 is 10.1 Å². The summed E-state index contributed by atoms with van der Waals surface area (Å²) in [4.78, 5) is 11.3. The maximum Gasteiger partial charge on any atom is 0.305 e. The third-order valence-corrected chi connectivity index (χ3v) is 5.51. The average molecular weight is 299 g/mol. The van der Waals surface area contributed by atoms with Gasteiger partial charge in [0.25, 0.3) is 0 Å². The predicted molar refractivity (Wildman–Crippen MR) is 80.9 cm³/mol. The van der Waals surface area contributed by atoms with Gasteiger partial charge in [-0.1, -0.05) is 6.92 Å². The van der Waals surface area contributed by atoms with Crippen LogP contribution in [-0.4, -0.2) is 24.4 Å². The molecule has 1 aromatic heterocycles. The van der Waals surface area contributed by atoms with E-state index in [2.05, 4.69) is 23.7 Å². The zero-order chi connectivity index (χ0) is 13.7. The molecule has 2 rings (SSSR count). The van der Waals surface area contributed by atoms with Gasteiger partial charge in [-0.05, 0) is 43.3 Å². The number of ether oxygens (including phenoxy) is 1. The molecule has 1 aromatic rings. The highest BCUT2D eigenvalue weighted by molar-refractivity contribution is 8.01. The van der Waals surface area contributed by atoms with Crippen molar-refractivity contribution < 1.29 is 9.53 Å². The van der Waals surface area contributed by atoms with E-state index in [-0.39, 0.29) is 5.97 Å². The molecule has 0 spiro atoms. The number of thiophene rings is 1. The molecule has 0 saturated heterocycles. The highest BCUT2D eigenvalue weighted by atomic mass is 32.2. The molecule has 0 aromatic carbocycles. The molecule has 5 heteroatoms. The quantitative estimate of drug-likeness (QED) is 0.643. The molecule has 1 N–H and O–H groups in total. The van der Waals surface area contributed by atoms with E-state index >= 15 is 0 Å². The van der Waals surface area contributed by atoms with Crippen molar-refractivity contribution in [3.63, 3.8) is 0 Å². The minimum Gasteiger partial charge on any atom is -0.466 e. The first-order valence-electron chi connectivity index (χ1n) is 6.83. The van der Waals surface area contributed by atoms with Crippen LogP contribution in [0.2, 0.25) is 0 Å². The Kier molecular flexibility index (Phi) is 5.73. The molecule has 0 aliphatic carbocycles. The molecule has 1 unspecified atom stereocenters. The lowest BCUT2D eigenvalue weighted by molar-refractivity contribution is -0.143. The van der Waals surface area contributed by atoms with Crippen molar-refractivity contribution >= 4 is 29.1 Å². The van der Waals surface area contributed by atoms with Crippen molar-refractivity contribution in [3.05, 3.63) is 17.0 Å². The van der Waals surface area contributed by atoms with Crippen molar-refractivity contribution in [2.45, 2.75) is 48.6 Å². The van der Waals surface area contributed by atoms with Gasteiger partial charge in [0, 0.05) is 17.7 Å². The lowest BCUT2D eigenvalue weighted by atomic mass is 10.0. The highest BCUT2D eigenvalue weighted by Crippen LogP contribution is 2.43. The van der Waals surface area contributed by atoms with Crippen molar-refractivity contribution in [3.8, 4) is 0 Å². The first-order valence-corrected chi connectivity index (χ1v) is 8.59. The smallest absolute Gasteiger partial charge is 0.305 e. The second-order valence-corrected chi connectivity index (χ2v) is 7.37. The number of nitrogens with one attached hydrogen (secondary N) is 1. The number of thioether (sulfide) groups is 1. The standard InChI is InChI=1S/C14H21NO2S2/c1-3-17-13(16)5-4-7-15-12-9-10(2)19-14-11(12)6-8-18-14/h6,8,10,12,15H,3-5,7,9H2,1-2H3/t10-,12?/m0/s1. The van der Waals surface area contributed by atoms with Crippen LogP contribution >= 0.6 is 23.1 Å². The Morgan fingerprint density at radius 3 is 3.21 bits per heavy atom. The summed E-state index contributed by atoms with van der Waals surface area (Å²) < 4.78 is 6.37. The van der Waals surface area contributed by atoms with Gasteiger partial charge in [-0.3, -0.25) is 4.79 Å². The summed E-state index contributed by atoms with van der Waals surface area (Å²) in [5.74, 6) is -0.0897. The zero-order valence-electron chi connectivity index (χ0n) is 11.5. The van der Waals surface area contributed by atoms with Gasteiger partial charge in [0.05, 0.1) is 10.8 Å². The Morgan fingerprint density at radius 1 is 1.58 bits per heavy atom. The fourth-order valence-electron chi connectivity index (χ4n) is 2.28. The molecule has 0 saturated carbocycles.